The predicted molar refractivity (Wildman–Crippen MR) is 79.4 cm³/mol. The van der Waals surface area contributed by atoms with E-state index in [4.69, 9.17) is 4.52 Å². The Morgan fingerprint density at radius 1 is 1.45 bits per heavy atom. The van der Waals surface area contributed by atoms with Crippen LogP contribution in [0.5, 0.6) is 0 Å². The first kappa shape index (κ1) is 16.7. The third kappa shape index (κ3) is 6.19. The number of amides is 1. The van der Waals surface area contributed by atoms with Crippen molar-refractivity contribution in [3.8, 4) is 0 Å². The Bertz CT molecular complexity index is 433. The summed E-state index contributed by atoms with van der Waals surface area (Å²) in [5.74, 6) is 1.28. The lowest BCUT2D eigenvalue weighted by molar-refractivity contribution is -0.122. The summed E-state index contributed by atoms with van der Waals surface area (Å²) in [7, 11) is 1.97. The second-order valence-corrected chi connectivity index (χ2v) is 6.66. The van der Waals surface area contributed by atoms with Crippen LogP contribution < -0.4 is 5.32 Å². The minimum atomic E-state index is -0.174. The Morgan fingerprint density at radius 2 is 2.10 bits per heavy atom. The average Bonchev–Trinajstić information content (AvgIpc) is 2.72. The van der Waals surface area contributed by atoms with Gasteiger partial charge in [-0.3, -0.25) is 9.69 Å². The maximum absolute atomic E-state index is 11.7. The molecule has 0 atom stereocenters. The molecule has 0 aliphatic rings. The van der Waals surface area contributed by atoms with E-state index in [1.807, 2.05) is 33.9 Å². The van der Waals surface area contributed by atoms with Gasteiger partial charge in [0, 0.05) is 24.6 Å². The predicted octanol–water partition coefficient (Wildman–Crippen LogP) is 2.53. The Morgan fingerprint density at radius 3 is 2.60 bits per heavy atom. The van der Waals surface area contributed by atoms with E-state index in [0.717, 1.165) is 11.5 Å². The van der Waals surface area contributed by atoms with E-state index in [1.54, 1.807) is 0 Å². The molecule has 20 heavy (non-hydrogen) atoms. The molecule has 0 aliphatic carbocycles. The number of hydrogen-bond donors (Lipinski definition) is 1. The maximum atomic E-state index is 11.7. The molecule has 5 heteroatoms. The summed E-state index contributed by atoms with van der Waals surface area (Å²) in [5, 5.41) is 6.99. The molecule has 0 aromatic carbocycles. The molecule has 1 N–H and O–H groups in total. The van der Waals surface area contributed by atoms with Gasteiger partial charge in [-0.2, -0.15) is 0 Å². The van der Waals surface area contributed by atoms with Crippen LogP contribution in [0.1, 0.15) is 58.4 Å². The van der Waals surface area contributed by atoms with Gasteiger partial charge in [-0.25, -0.2) is 0 Å². The molecular formula is C15H27N3O2. The van der Waals surface area contributed by atoms with E-state index in [2.05, 4.69) is 29.2 Å². The summed E-state index contributed by atoms with van der Waals surface area (Å²) in [6, 6.07) is 1.98. The van der Waals surface area contributed by atoms with Crippen LogP contribution >= 0.6 is 0 Å². The summed E-state index contributed by atoms with van der Waals surface area (Å²) in [4.78, 5) is 13.8. The smallest absolute Gasteiger partial charge is 0.221 e. The Hall–Kier alpha value is -1.36. The van der Waals surface area contributed by atoms with Crippen molar-refractivity contribution in [3.63, 3.8) is 0 Å². The largest absolute Gasteiger partial charge is 0.360 e. The molecule has 1 rings (SSSR count). The summed E-state index contributed by atoms with van der Waals surface area (Å²) >= 11 is 0. The number of aromatic nitrogens is 1. The fraction of sp³-hybridized carbons (Fsp3) is 0.733. The zero-order chi connectivity index (χ0) is 15.3. The topological polar surface area (TPSA) is 58.4 Å². The van der Waals surface area contributed by atoms with Crippen molar-refractivity contribution >= 4 is 5.91 Å². The lowest BCUT2D eigenvalue weighted by atomic mass is 10.1. The van der Waals surface area contributed by atoms with Crippen LogP contribution in [0.4, 0.5) is 0 Å². The van der Waals surface area contributed by atoms with E-state index < -0.39 is 0 Å². The third-order valence-corrected chi connectivity index (χ3v) is 2.83. The number of nitrogens with zero attached hydrogens (tertiary/aromatic N) is 2. The van der Waals surface area contributed by atoms with Crippen molar-refractivity contribution in [2.75, 3.05) is 13.6 Å². The van der Waals surface area contributed by atoms with Gasteiger partial charge in [-0.15, -0.1) is 0 Å². The first-order valence-corrected chi connectivity index (χ1v) is 7.12. The fourth-order valence-corrected chi connectivity index (χ4v) is 1.79. The molecule has 0 radical (unpaired) electrons. The lowest BCUT2D eigenvalue weighted by Gasteiger charge is -2.21. The van der Waals surface area contributed by atoms with Crippen LogP contribution in [0.25, 0.3) is 0 Å². The van der Waals surface area contributed by atoms with E-state index in [-0.39, 0.29) is 11.4 Å². The van der Waals surface area contributed by atoms with Crippen LogP contribution in [0.2, 0.25) is 0 Å². The number of carbonyl (C=O) groups excluding carboxylic acids is 1. The summed E-state index contributed by atoms with van der Waals surface area (Å²) < 4.78 is 5.29. The number of carbonyl (C=O) groups is 1. The van der Waals surface area contributed by atoms with Crippen LogP contribution in [0.3, 0.4) is 0 Å². The van der Waals surface area contributed by atoms with Gasteiger partial charge in [-0.05, 0) is 33.7 Å². The van der Waals surface area contributed by atoms with E-state index in [1.165, 1.54) is 0 Å². The highest BCUT2D eigenvalue weighted by Crippen LogP contribution is 2.15. The minimum absolute atomic E-state index is 0.0739. The highest BCUT2D eigenvalue weighted by Gasteiger charge is 2.15. The summed E-state index contributed by atoms with van der Waals surface area (Å²) in [5.41, 5.74) is 0.797. The highest BCUT2D eigenvalue weighted by atomic mass is 16.5. The molecule has 1 heterocycles. The van der Waals surface area contributed by atoms with Gasteiger partial charge >= 0.3 is 0 Å². The molecule has 5 nitrogen and oxygen atoms in total. The van der Waals surface area contributed by atoms with Crippen molar-refractivity contribution in [3.05, 3.63) is 17.5 Å². The first-order valence-electron chi connectivity index (χ1n) is 7.12. The van der Waals surface area contributed by atoms with Gasteiger partial charge in [0.25, 0.3) is 0 Å². The van der Waals surface area contributed by atoms with E-state index in [9.17, 15) is 4.79 Å². The van der Waals surface area contributed by atoms with Gasteiger partial charge < -0.3 is 9.84 Å². The van der Waals surface area contributed by atoms with Crippen molar-refractivity contribution in [1.29, 1.82) is 0 Å². The molecule has 1 aromatic heterocycles. The average molecular weight is 281 g/mol. The monoisotopic (exact) mass is 281 g/mol. The van der Waals surface area contributed by atoms with Crippen molar-refractivity contribution in [2.45, 2.75) is 59.0 Å². The molecule has 0 unspecified atom stereocenters. The second-order valence-electron chi connectivity index (χ2n) is 6.66. The first-order chi connectivity index (χ1) is 9.17. The summed E-state index contributed by atoms with van der Waals surface area (Å²) in [6.45, 7) is 11.5. The summed E-state index contributed by atoms with van der Waals surface area (Å²) in [6.07, 6.45) is 0.485. The van der Waals surface area contributed by atoms with Crippen LogP contribution in [0, 0.1) is 0 Å². The Balaban J connectivity index is 2.36. The fourth-order valence-electron chi connectivity index (χ4n) is 1.79. The van der Waals surface area contributed by atoms with Gasteiger partial charge in [0.05, 0.1) is 12.2 Å². The normalized spacial score (nSPS) is 12.2. The van der Waals surface area contributed by atoms with Crippen LogP contribution in [-0.2, 0) is 11.3 Å². The molecule has 0 bridgehead atoms. The molecule has 0 fully saturated rings. The number of rotatable bonds is 6. The highest BCUT2D eigenvalue weighted by molar-refractivity contribution is 5.76. The van der Waals surface area contributed by atoms with E-state index >= 15 is 0 Å². The molecular weight excluding hydrogens is 254 g/mol. The van der Waals surface area contributed by atoms with Crippen LogP contribution in [-0.4, -0.2) is 35.1 Å². The maximum Gasteiger partial charge on any atom is 0.221 e. The Kier molecular flexibility index (Phi) is 5.74. The van der Waals surface area contributed by atoms with Gasteiger partial charge in [0.2, 0.25) is 5.91 Å². The second kappa shape index (κ2) is 6.88. The molecule has 1 aromatic rings. The standard InChI is InChI=1S/C15H27N3O2/c1-11(2)13-9-12(20-17-13)10-18(6)8-7-14(19)16-15(3,4)5/h9,11H,7-8,10H2,1-6H3,(H,16,19). The van der Waals surface area contributed by atoms with Gasteiger partial charge in [0.1, 0.15) is 0 Å². The van der Waals surface area contributed by atoms with E-state index in [0.29, 0.717) is 25.4 Å². The lowest BCUT2D eigenvalue weighted by Crippen LogP contribution is -2.41. The zero-order valence-corrected chi connectivity index (χ0v) is 13.5. The van der Waals surface area contributed by atoms with Gasteiger partial charge in [0.15, 0.2) is 5.76 Å². The minimum Gasteiger partial charge on any atom is -0.360 e. The number of nitrogens with one attached hydrogen (secondary N) is 1. The van der Waals surface area contributed by atoms with Crippen molar-refractivity contribution in [1.82, 2.24) is 15.4 Å². The third-order valence-electron chi connectivity index (χ3n) is 2.83. The molecule has 0 aliphatic heterocycles. The van der Waals surface area contributed by atoms with Gasteiger partial charge in [-0.1, -0.05) is 19.0 Å². The Labute approximate surface area is 121 Å². The molecule has 1 amide bonds. The number of hydrogen-bond acceptors (Lipinski definition) is 4. The molecule has 114 valence electrons. The molecule has 0 saturated carbocycles. The van der Waals surface area contributed by atoms with Crippen LogP contribution in [0.15, 0.2) is 10.6 Å². The van der Waals surface area contributed by atoms with Crippen molar-refractivity contribution < 1.29 is 9.32 Å². The molecule has 0 saturated heterocycles. The molecule has 0 spiro atoms. The SMILES string of the molecule is CC(C)c1cc(CN(C)CCC(=O)NC(C)(C)C)on1. The zero-order valence-electron chi connectivity index (χ0n) is 13.5. The van der Waals surface area contributed by atoms with Crippen molar-refractivity contribution in [2.24, 2.45) is 0 Å². The quantitative estimate of drug-likeness (QED) is 0.870.